The topological polar surface area (TPSA) is 50.7 Å². The molecule has 0 aliphatic rings. The summed E-state index contributed by atoms with van der Waals surface area (Å²) in [6.07, 6.45) is 2.11. The summed E-state index contributed by atoms with van der Waals surface area (Å²) in [7, 11) is 1.67. The van der Waals surface area contributed by atoms with Crippen LogP contribution >= 0.6 is 0 Å². The van der Waals surface area contributed by atoms with Crippen LogP contribution in [-0.2, 0) is 16.0 Å². The second kappa shape index (κ2) is 9.88. The first-order valence-electron chi connectivity index (χ1n) is 6.39. The fraction of sp³-hybridized carbons (Fsp3) is 0.571. The van der Waals surface area contributed by atoms with Gasteiger partial charge in [0.05, 0.1) is 13.2 Å². The Morgan fingerprint density at radius 3 is 2.72 bits per heavy atom. The summed E-state index contributed by atoms with van der Waals surface area (Å²) in [5, 5.41) is 12.9. The molecule has 0 spiro atoms. The lowest BCUT2D eigenvalue weighted by Crippen LogP contribution is -2.15. The van der Waals surface area contributed by atoms with Gasteiger partial charge < -0.3 is 19.9 Å². The second-order valence-electron chi connectivity index (χ2n) is 4.12. The van der Waals surface area contributed by atoms with Crippen molar-refractivity contribution in [2.24, 2.45) is 0 Å². The van der Waals surface area contributed by atoms with Gasteiger partial charge >= 0.3 is 0 Å². The average Bonchev–Trinajstić information content (AvgIpc) is 2.39. The fourth-order valence-corrected chi connectivity index (χ4v) is 1.58. The third kappa shape index (κ3) is 6.59. The Morgan fingerprint density at radius 2 is 1.94 bits per heavy atom. The zero-order valence-electron chi connectivity index (χ0n) is 11.0. The highest BCUT2D eigenvalue weighted by Gasteiger charge is 1.98. The maximum atomic E-state index is 9.56. The molecule has 0 unspecified atom stereocenters. The Kier molecular flexibility index (Phi) is 8.21. The molecule has 0 fully saturated rings. The number of para-hydroxylation sites is 1. The number of phenolic OH excluding ortho intramolecular Hbond substituents is 1. The van der Waals surface area contributed by atoms with Gasteiger partial charge in [0.2, 0.25) is 0 Å². The van der Waals surface area contributed by atoms with Crippen molar-refractivity contribution in [2.75, 3.05) is 33.5 Å². The van der Waals surface area contributed by atoms with E-state index in [2.05, 4.69) is 5.32 Å². The van der Waals surface area contributed by atoms with Gasteiger partial charge in [0.1, 0.15) is 5.75 Å². The van der Waals surface area contributed by atoms with Crippen LogP contribution in [0.1, 0.15) is 18.4 Å². The highest BCUT2D eigenvalue weighted by Crippen LogP contribution is 2.14. The number of unbranched alkanes of at least 4 members (excludes halogenated alkanes) is 1. The van der Waals surface area contributed by atoms with Crippen LogP contribution in [0.4, 0.5) is 0 Å². The molecule has 102 valence electrons. The summed E-state index contributed by atoms with van der Waals surface area (Å²) in [4.78, 5) is 0. The predicted octanol–water partition coefficient (Wildman–Crippen LogP) is 1.92. The van der Waals surface area contributed by atoms with Gasteiger partial charge in [-0.05, 0) is 25.5 Å². The van der Waals surface area contributed by atoms with Crippen molar-refractivity contribution in [1.82, 2.24) is 5.32 Å². The van der Waals surface area contributed by atoms with Crippen molar-refractivity contribution < 1.29 is 14.6 Å². The normalized spacial score (nSPS) is 10.7. The summed E-state index contributed by atoms with van der Waals surface area (Å²) in [6, 6.07) is 7.40. The molecular weight excluding hydrogens is 230 g/mol. The number of methoxy groups -OCH3 is 1. The van der Waals surface area contributed by atoms with E-state index in [-0.39, 0.29) is 0 Å². The minimum Gasteiger partial charge on any atom is -0.508 e. The first-order valence-corrected chi connectivity index (χ1v) is 6.39. The van der Waals surface area contributed by atoms with Gasteiger partial charge in [0.25, 0.3) is 0 Å². The number of hydrogen-bond acceptors (Lipinski definition) is 4. The quantitative estimate of drug-likeness (QED) is 0.626. The van der Waals surface area contributed by atoms with Crippen LogP contribution in [0, 0.1) is 0 Å². The van der Waals surface area contributed by atoms with E-state index in [1.165, 1.54) is 0 Å². The molecule has 0 amide bonds. The maximum absolute atomic E-state index is 9.56. The zero-order valence-corrected chi connectivity index (χ0v) is 11.0. The summed E-state index contributed by atoms with van der Waals surface area (Å²) in [6.45, 7) is 3.74. The molecule has 2 N–H and O–H groups in total. The molecule has 1 aromatic rings. The van der Waals surface area contributed by atoms with Crippen molar-refractivity contribution in [3.8, 4) is 5.75 Å². The number of phenols is 1. The van der Waals surface area contributed by atoms with E-state index >= 15 is 0 Å². The van der Waals surface area contributed by atoms with Crippen LogP contribution in [0.25, 0.3) is 0 Å². The molecule has 0 heterocycles. The molecule has 4 heteroatoms. The molecule has 0 radical (unpaired) electrons. The molecule has 0 aromatic heterocycles. The zero-order chi connectivity index (χ0) is 13.1. The molecule has 0 saturated carbocycles. The van der Waals surface area contributed by atoms with E-state index in [1.807, 2.05) is 18.2 Å². The summed E-state index contributed by atoms with van der Waals surface area (Å²) in [5.41, 5.74) is 0.939. The van der Waals surface area contributed by atoms with Crippen LogP contribution in [0.3, 0.4) is 0 Å². The van der Waals surface area contributed by atoms with Crippen LogP contribution in [0.15, 0.2) is 24.3 Å². The van der Waals surface area contributed by atoms with Crippen LogP contribution in [0.2, 0.25) is 0 Å². The summed E-state index contributed by atoms with van der Waals surface area (Å²) < 4.78 is 10.3. The first kappa shape index (κ1) is 15.0. The molecule has 0 saturated heterocycles. The predicted molar refractivity (Wildman–Crippen MR) is 71.7 cm³/mol. The van der Waals surface area contributed by atoms with E-state index in [4.69, 9.17) is 9.47 Å². The Bertz CT molecular complexity index is 318. The van der Waals surface area contributed by atoms with Crippen LogP contribution in [0.5, 0.6) is 5.75 Å². The van der Waals surface area contributed by atoms with Gasteiger partial charge in [-0.3, -0.25) is 0 Å². The minimum atomic E-state index is 0.355. The monoisotopic (exact) mass is 253 g/mol. The van der Waals surface area contributed by atoms with Gasteiger partial charge in [-0.15, -0.1) is 0 Å². The molecular formula is C14H23NO3. The van der Waals surface area contributed by atoms with Crippen molar-refractivity contribution in [1.29, 1.82) is 0 Å². The Morgan fingerprint density at radius 1 is 1.11 bits per heavy atom. The first-order chi connectivity index (χ1) is 8.84. The second-order valence-corrected chi connectivity index (χ2v) is 4.12. The number of rotatable bonds is 10. The van der Waals surface area contributed by atoms with Crippen molar-refractivity contribution in [3.63, 3.8) is 0 Å². The van der Waals surface area contributed by atoms with Crippen molar-refractivity contribution >= 4 is 0 Å². The number of nitrogens with one attached hydrogen (secondary N) is 1. The van der Waals surface area contributed by atoms with Gasteiger partial charge in [-0.25, -0.2) is 0 Å². The highest BCUT2D eigenvalue weighted by molar-refractivity contribution is 5.31. The van der Waals surface area contributed by atoms with E-state index in [0.717, 1.165) is 31.6 Å². The number of ether oxygens (including phenoxy) is 2. The lowest BCUT2D eigenvalue weighted by atomic mass is 10.2. The van der Waals surface area contributed by atoms with Gasteiger partial charge in [-0.1, -0.05) is 18.2 Å². The highest BCUT2D eigenvalue weighted by atomic mass is 16.5. The largest absolute Gasteiger partial charge is 0.508 e. The van der Waals surface area contributed by atoms with E-state index < -0.39 is 0 Å². The Hall–Kier alpha value is -1.10. The van der Waals surface area contributed by atoms with Crippen molar-refractivity contribution in [2.45, 2.75) is 19.4 Å². The molecule has 1 aromatic carbocycles. The molecule has 0 aliphatic heterocycles. The Labute approximate surface area is 109 Å². The molecule has 0 atom stereocenters. The molecule has 4 nitrogen and oxygen atoms in total. The van der Waals surface area contributed by atoms with E-state index in [0.29, 0.717) is 25.5 Å². The Balaban J connectivity index is 1.94. The molecule has 1 rings (SSSR count). The minimum absolute atomic E-state index is 0.355. The lowest BCUT2D eigenvalue weighted by Gasteiger charge is -2.07. The van der Waals surface area contributed by atoms with Crippen LogP contribution in [-0.4, -0.2) is 38.6 Å². The number of aromatic hydroxyl groups is 1. The van der Waals surface area contributed by atoms with Crippen LogP contribution < -0.4 is 5.32 Å². The smallest absolute Gasteiger partial charge is 0.120 e. The SMILES string of the molecule is COCCOCCCCNCc1ccccc1O. The average molecular weight is 253 g/mol. The summed E-state index contributed by atoms with van der Waals surface area (Å²) in [5.74, 6) is 0.355. The summed E-state index contributed by atoms with van der Waals surface area (Å²) >= 11 is 0. The standard InChI is InChI=1S/C14H23NO3/c1-17-10-11-18-9-5-4-8-15-12-13-6-2-3-7-14(13)16/h2-3,6-7,15-16H,4-5,8-12H2,1H3. The lowest BCUT2D eigenvalue weighted by molar-refractivity contribution is 0.0688. The number of benzene rings is 1. The van der Waals surface area contributed by atoms with Gasteiger partial charge in [0, 0.05) is 25.8 Å². The van der Waals surface area contributed by atoms with Crippen molar-refractivity contribution in [3.05, 3.63) is 29.8 Å². The molecule has 0 aliphatic carbocycles. The molecule has 18 heavy (non-hydrogen) atoms. The third-order valence-corrected chi connectivity index (χ3v) is 2.63. The molecule has 0 bridgehead atoms. The fourth-order valence-electron chi connectivity index (χ4n) is 1.58. The van der Waals surface area contributed by atoms with E-state index in [1.54, 1.807) is 13.2 Å². The van der Waals surface area contributed by atoms with Gasteiger partial charge in [0.15, 0.2) is 0 Å². The third-order valence-electron chi connectivity index (χ3n) is 2.63. The maximum Gasteiger partial charge on any atom is 0.120 e. The van der Waals surface area contributed by atoms with E-state index in [9.17, 15) is 5.11 Å². The number of hydrogen-bond donors (Lipinski definition) is 2. The van der Waals surface area contributed by atoms with Gasteiger partial charge in [-0.2, -0.15) is 0 Å².